The van der Waals surface area contributed by atoms with Crippen LogP contribution in [-0.2, 0) is 10.0 Å². The molecule has 56 heavy (non-hydrogen) atoms. The number of pyridine rings is 2. The number of sulfonamides is 1. The predicted octanol–water partition coefficient (Wildman–Crippen LogP) is 9.66. The lowest BCUT2D eigenvalue weighted by molar-refractivity contribution is 0.135. The number of para-hydroxylation sites is 2. The Morgan fingerprint density at radius 3 is 2.27 bits per heavy atom. The number of amides is 1. The second-order valence-corrected chi connectivity index (χ2v) is 16.6. The van der Waals surface area contributed by atoms with Crippen LogP contribution in [-0.4, -0.2) is 54.8 Å². The largest absolute Gasteiger partial charge is 0.497 e. The first-order valence-electron chi connectivity index (χ1n) is 18.4. The number of rotatable bonds is 13. The first-order valence-corrected chi connectivity index (χ1v) is 20.7. The number of thioether (sulfide) groups is 1. The molecule has 1 N–H and O–H groups in total. The fraction of sp³-hybridized carbons (Fsp3) is 0.205. The molecule has 4 heterocycles. The molecule has 2 aromatic heterocycles. The summed E-state index contributed by atoms with van der Waals surface area (Å²) in [7, 11) is -2.23. The zero-order chi connectivity index (χ0) is 38.6. The van der Waals surface area contributed by atoms with Crippen molar-refractivity contribution in [2.24, 2.45) is 11.8 Å². The summed E-state index contributed by atoms with van der Waals surface area (Å²) in [4.78, 5) is 24.9. The molecule has 0 unspecified atom stereocenters. The van der Waals surface area contributed by atoms with Crippen LogP contribution >= 0.6 is 11.8 Å². The highest BCUT2D eigenvalue weighted by Crippen LogP contribution is 2.51. The lowest BCUT2D eigenvalue weighted by atomic mass is 9.79. The molecular weight excluding hydrogens is 745 g/mol. The maximum absolute atomic E-state index is 13.6. The van der Waals surface area contributed by atoms with Crippen molar-refractivity contribution in [1.82, 2.24) is 19.6 Å². The summed E-state index contributed by atoms with van der Waals surface area (Å²) in [6, 6.07) is 37.5. The van der Waals surface area contributed by atoms with Crippen LogP contribution in [0.2, 0.25) is 0 Å². The fourth-order valence-electron chi connectivity index (χ4n) is 7.44. The van der Waals surface area contributed by atoms with Crippen molar-refractivity contribution < 1.29 is 27.4 Å². The van der Waals surface area contributed by atoms with Crippen LogP contribution in [0, 0.1) is 11.8 Å². The summed E-state index contributed by atoms with van der Waals surface area (Å²) >= 11 is 1.34. The molecule has 0 aliphatic carbocycles. The Bertz CT molecular complexity index is 2450. The number of hydrogen-bond acceptors (Lipinski definition) is 9. The van der Waals surface area contributed by atoms with Gasteiger partial charge in [-0.2, -0.15) is 0 Å². The zero-order valence-corrected chi connectivity index (χ0v) is 32.3. The van der Waals surface area contributed by atoms with Gasteiger partial charge in [0.2, 0.25) is 15.9 Å². The maximum atomic E-state index is 13.6. The quantitative estimate of drug-likeness (QED) is 0.114. The number of methoxy groups -OCH3 is 1. The van der Waals surface area contributed by atoms with E-state index in [9.17, 15) is 13.2 Å². The number of fused-ring (bicyclic) bond motifs is 2. The Hall–Kier alpha value is -5.69. The molecule has 8 rings (SSSR count). The SMILES string of the molecule is C=C[C@@H](CNS(=O)(=O)c1ccc(Oc2ccccc2)nc1)[C@H]1CCN2C(=O)S[C@@H](c3cc(-c4ccc(Oc5ccccc5)cc4)nc4ccc(OC)cc34)[C@@H]2C1. The van der Waals surface area contributed by atoms with Gasteiger partial charge in [0.25, 0.3) is 5.24 Å². The highest BCUT2D eigenvalue weighted by molar-refractivity contribution is 8.14. The number of piperidine rings is 1. The topological polar surface area (TPSA) is 120 Å². The van der Waals surface area contributed by atoms with E-state index in [-0.39, 0.29) is 39.8 Å². The summed E-state index contributed by atoms with van der Waals surface area (Å²) < 4.78 is 46.9. The van der Waals surface area contributed by atoms with Crippen molar-refractivity contribution in [3.8, 4) is 40.1 Å². The van der Waals surface area contributed by atoms with Crippen LogP contribution in [0.1, 0.15) is 23.7 Å². The Kier molecular flexibility index (Phi) is 10.8. The molecule has 0 radical (unpaired) electrons. The van der Waals surface area contributed by atoms with Gasteiger partial charge in [-0.25, -0.2) is 23.1 Å². The fourth-order valence-corrected chi connectivity index (χ4v) is 9.77. The molecule has 12 heteroatoms. The molecule has 0 saturated carbocycles. The normalized spacial score (nSPS) is 18.6. The lowest BCUT2D eigenvalue weighted by Crippen LogP contribution is -2.44. The highest BCUT2D eigenvalue weighted by Gasteiger charge is 2.46. The number of carbonyl (C=O) groups excluding carboxylic acids is 1. The Morgan fingerprint density at radius 1 is 0.893 bits per heavy atom. The number of nitrogens with zero attached hydrogens (tertiary/aromatic N) is 3. The van der Waals surface area contributed by atoms with Crippen LogP contribution in [0.3, 0.4) is 0 Å². The minimum Gasteiger partial charge on any atom is -0.497 e. The number of aromatic nitrogens is 2. The molecule has 2 aliphatic rings. The summed E-state index contributed by atoms with van der Waals surface area (Å²) in [5.74, 6) is 3.00. The third-order valence-corrected chi connectivity index (χ3v) is 13.0. The van der Waals surface area contributed by atoms with Crippen molar-refractivity contribution >= 4 is 37.9 Å². The van der Waals surface area contributed by atoms with Crippen LogP contribution < -0.4 is 18.9 Å². The Morgan fingerprint density at radius 2 is 1.59 bits per heavy atom. The van der Waals surface area contributed by atoms with Crippen molar-refractivity contribution in [1.29, 1.82) is 0 Å². The van der Waals surface area contributed by atoms with E-state index in [0.717, 1.165) is 39.9 Å². The van der Waals surface area contributed by atoms with E-state index >= 15 is 0 Å². The van der Waals surface area contributed by atoms with Gasteiger partial charge < -0.3 is 19.1 Å². The molecule has 2 saturated heterocycles. The van der Waals surface area contributed by atoms with E-state index < -0.39 is 10.0 Å². The minimum absolute atomic E-state index is 0.0401. The first kappa shape index (κ1) is 37.2. The van der Waals surface area contributed by atoms with Gasteiger partial charge in [-0.15, -0.1) is 6.58 Å². The van der Waals surface area contributed by atoms with Gasteiger partial charge in [-0.05, 0) is 109 Å². The van der Waals surface area contributed by atoms with E-state index in [0.29, 0.717) is 36.1 Å². The second-order valence-electron chi connectivity index (χ2n) is 13.8. The van der Waals surface area contributed by atoms with E-state index in [1.54, 1.807) is 19.2 Å². The van der Waals surface area contributed by atoms with Gasteiger partial charge in [0.15, 0.2) is 0 Å². The van der Waals surface area contributed by atoms with Crippen molar-refractivity contribution in [3.63, 3.8) is 0 Å². The highest BCUT2D eigenvalue weighted by atomic mass is 32.2. The summed E-state index contributed by atoms with van der Waals surface area (Å²) in [6.07, 6.45) is 4.54. The summed E-state index contributed by atoms with van der Waals surface area (Å²) in [5.41, 5.74) is 3.51. The average Bonchev–Trinajstić information content (AvgIpc) is 3.56. The molecule has 4 atom stereocenters. The van der Waals surface area contributed by atoms with Crippen LogP contribution in [0.5, 0.6) is 28.9 Å². The first-order chi connectivity index (χ1) is 27.3. The average molecular weight is 785 g/mol. The molecule has 0 spiro atoms. The minimum atomic E-state index is -3.87. The third kappa shape index (κ3) is 7.99. The third-order valence-electron chi connectivity index (χ3n) is 10.4. The molecular formula is C44H40N4O6S2. The number of ether oxygens (including phenoxy) is 3. The number of benzene rings is 4. The predicted molar refractivity (Wildman–Crippen MR) is 219 cm³/mol. The van der Waals surface area contributed by atoms with Crippen LogP contribution in [0.25, 0.3) is 22.2 Å². The van der Waals surface area contributed by atoms with Crippen LogP contribution in [0.15, 0.2) is 145 Å². The molecule has 2 fully saturated rings. The van der Waals surface area contributed by atoms with E-state index in [1.807, 2.05) is 102 Å². The standard InChI is InChI=1S/C44H40N4O6S2/c1-3-29(27-46-56(50,51)36-19-21-42(45-28-36)54-33-12-8-5-9-13-33)31-22-23-48-41(24-31)43(55-44(48)49)38-26-40(47-39-20-18-35(52-2)25-37(38)39)30-14-16-34(17-15-30)53-32-10-6-4-7-11-32/h3-21,25-26,28-29,31,41,43,46H,1,22-24,27H2,2H3/t29-,31-,41-,43-/m0/s1. The molecule has 284 valence electrons. The number of nitrogens with one attached hydrogen (secondary N) is 1. The molecule has 2 aliphatic heterocycles. The Labute approximate surface area is 330 Å². The number of carbonyl (C=O) groups is 1. The van der Waals surface area contributed by atoms with Gasteiger partial charge in [-0.1, -0.05) is 54.2 Å². The maximum Gasteiger partial charge on any atom is 0.282 e. The van der Waals surface area contributed by atoms with Crippen molar-refractivity contribution in [2.45, 2.75) is 29.0 Å². The lowest BCUT2D eigenvalue weighted by Gasteiger charge is -2.39. The number of hydrogen-bond donors (Lipinski definition) is 1. The van der Waals surface area contributed by atoms with Gasteiger partial charge >= 0.3 is 0 Å². The molecule has 10 nitrogen and oxygen atoms in total. The monoisotopic (exact) mass is 784 g/mol. The van der Waals surface area contributed by atoms with Crippen LogP contribution in [0.4, 0.5) is 4.79 Å². The van der Waals surface area contributed by atoms with Crippen molar-refractivity contribution in [3.05, 3.63) is 146 Å². The smallest absolute Gasteiger partial charge is 0.282 e. The van der Waals surface area contributed by atoms with E-state index in [1.165, 1.54) is 30.1 Å². The molecule has 6 aromatic rings. The second kappa shape index (κ2) is 16.2. The summed E-state index contributed by atoms with van der Waals surface area (Å²) in [6.45, 7) is 4.83. The molecule has 4 aromatic carbocycles. The molecule has 1 amide bonds. The van der Waals surface area contributed by atoms with Gasteiger partial charge in [0.05, 0.1) is 29.8 Å². The Balaban J connectivity index is 1.02. The summed E-state index contributed by atoms with van der Waals surface area (Å²) in [5, 5.41) is 0.777. The molecule has 0 bridgehead atoms. The van der Waals surface area contributed by atoms with Gasteiger partial charge in [0.1, 0.15) is 27.9 Å². The van der Waals surface area contributed by atoms with E-state index in [2.05, 4.69) is 22.4 Å². The van der Waals surface area contributed by atoms with Crippen molar-refractivity contribution in [2.75, 3.05) is 20.2 Å². The van der Waals surface area contributed by atoms with Gasteiger partial charge in [-0.3, -0.25) is 4.79 Å². The zero-order valence-electron chi connectivity index (χ0n) is 30.7. The van der Waals surface area contributed by atoms with E-state index in [4.69, 9.17) is 19.2 Å². The van der Waals surface area contributed by atoms with Gasteiger partial charge in [0, 0.05) is 36.1 Å².